The van der Waals surface area contributed by atoms with Crippen molar-refractivity contribution < 1.29 is 17.9 Å². The van der Waals surface area contributed by atoms with Crippen LogP contribution in [-0.2, 0) is 26.1 Å². The summed E-state index contributed by atoms with van der Waals surface area (Å²) >= 11 is 0. The normalized spacial score (nSPS) is 12.8. The predicted molar refractivity (Wildman–Crippen MR) is 94.6 cm³/mol. The second-order valence-corrected chi connectivity index (χ2v) is 7.58. The fraction of sp³-hybridized carbons (Fsp3) is 0.412. The first-order valence-electron chi connectivity index (χ1n) is 7.94. The van der Waals surface area contributed by atoms with Crippen LogP contribution in [0.4, 0.5) is 0 Å². The largest absolute Gasteiger partial charge is 0.465 e. The molecule has 136 valence electrons. The van der Waals surface area contributed by atoms with Crippen molar-refractivity contribution in [1.82, 2.24) is 14.5 Å². The Bertz CT molecular complexity index is 844. The van der Waals surface area contributed by atoms with Crippen LogP contribution in [0.15, 0.2) is 30.3 Å². The number of sulfonamides is 1. The van der Waals surface area contributed by atoms with Gasteiger partial charge < -0.3 is 4.74 Å². The Morgan fingerprint density at radius 2 is 1.92 bits per heavy atom. The minimum Gasteiger partial charge on any atom is -0.465 e. The zero-order valence-corrected chi connectivity index (χ0v) is 15.6. The number of carbonyl (C=O) groups is 1. The molecule has 0 amide bonds. The van der Waals surface area contributed by atoms with E-state index in [2.05, 4.69) is 9.82 Å². The Morgan fingerprint density at radius 1 is 1.28 bits per heavy atom. The summed E-state index contributed by atoms with van der Waals surface area (Å²) in [5.41, 5.74) is 2.89. The van der Waals surface area contributed by atoms with Gasteiger partial charge in [-0.3, -0.25) is 4.68 Å². The van der Waals surface area contributed by atoms with Crippen LogP contribution in [-0.4, -0.2) is 37.0 Å². The lowest BCUT2D eigenvalue weighted by atomic mass is 10.1. The molecule has 25 heavy (non-hydrogen) atoms. The first kappa shape index (κ1) is 19.1. The van der Waals surface area contributed by atoms with Crippen molar-refractivity contribution in [2.45, 2.75) is 33.4 Å². The van der Waals surface area contributed by atoms with E-state index in [1.165, 1.54) is 0 Å². The van der Waals surface area contributed by atoms with Gasteiger partial charge in [-0.2, -0.15) is 9.82 Å². The molecule has 0 unspecified atom stereocenters. The molecule has 8 heteroatoms. The van der Waals surface area contributed by atoms with Gasteiger partial charge in [0.05, 0.1) is 25.1 Å². The van der Waals surface area contributed by atoms with Crippen molar-refractivity contribution in [3.63, 3.8) is 0 Å². The molecule has 2 rings (SSSR count). The highest BCUT2D eigenvalue weighted by Gasteiger charge is 2.31. The molecule has 0 saturated heterocycles. The van der Waals surface area contributed by atoms with Gasteiger partial charge in [-0.15, -0.1) is 0 Å². The van der Waals surface area contributed by atoms with Crippen molar-refractivity contribution >= 4 is 16.0 Å². The molecule has 2 aromatic rings. The van der Waals surface area contributed by atoms with Gasteiger partial charge in [0, 0.05) is 11.3 Å². The van der Waals surface area contributed by atoms with Crippen LogP contribution in [0.2, 0.25) is 0 Å². The number of hydrogen-bond donors (Lipinski definition) is 1. The summed E-state index contributed by atoms with van der Waals surface area (Å²) in [6, 6.07) is 8.66. The number of aryl methyl sites for hydroxylation is 1. The molecule has 0 fully saturated rings. The number of aromatic nitrogens is 2. The number of carbonyl (C=O) groups excluding carboxylic acids is 1. The standard InChI is InChI=1S/C17H23N3O4S/c1-5-24-17(21)16(19-25(4,22)23)15-12(2)18-20(13(15)3)11-14-9-7-6-8-10-14/h6-10,16,19H,5,11H2,1-4H3/t16-/m0/s1. The molecule has 1 atom stereocenters. The molecule has 0 saturated carbocycles. The van der Waals surface area contributed by atoms with E-state index in [4.69, 9.17) is 4.74 Å². The van der Waals surface area contributed by atoms with Crippen LogP contribution in [0.25, 0.3) is 0 Å². The minimum absolute atomic E-state index is 0.164. The number of hydrogen-bond acceptors (Lipinski definition) is 5. The molecule has 0 aliphatic carbocycles. The van der Waals surface area contributed by atoms with E-state index < -0.39 is 22.0 Å². The van der Waals surface area contributed by atoms with Gasteiger partial charge in [-0.25, -0.2) is 13.2 Å². The van der Waals surface area contributed by atoms with Crippen LogP contribution < -0.4 is 4.72 Å². The number of nitrogens with one attached hydrogen (secondary N) is 1. The average molecular weight is 365 g/mol. The lowest BCUT2D eigenvalue weighted by molar-refractivity contribution is -0.145. The highest BCUT2D eigenvalue weighted by atomic mass is 32.2. The Kier molecular flexibility index (Phi) is 5.97. The van der Waals surface area contributed by atoms with Crippen LogP contribution in [0.5, 0.6) is 0 Å². The molecule has 7 nitrogen and oxygen atoms in total. The summed E-state index contributed by atoms with van der Waals surface area (Å²) in [7, 11) is -3.61. The molecule has 0 aliphatic heterocycles. The second-order valence-electron chi connectivity index (χ2n) is 5.80. The molecule has 0 bridgehead atoms. The van der Waals surface area contributed by atoms with Crippen molar-refractivity contribution in [1.29, 1.82) is 0 Å². The molecule has 1 aromatic heterocycles. The van der Waals surface area contributed by atoms with E-state index in [9.17, 15) is 13.2 Å². The highest BCUT2D eigenvalue weighted by Crippen LogP contribution is 2.24. The van der Waals surface area contributed by atoms with E-state index in [1.807, 2.05) is 37.3 Å². The molecule has 0 spiro atoms. The van der Waals surface area contributed by atoms with Crippen LogP contribution in [0.3, 0.4) is 0 Å². The Balaban J connectivity index is 2.42. The molecule has 1 N–H and O–H groups in total. The summed E-state index contributed by atoms with van der Waals surface area (Å²) in [6.07, 6.45) is 1.01. The van der Waals surface area contributed by atoms with Gasteiger partial charge in [-0.1, -0.05) is 30.3 Å². The van der Waals surface area contributed by atoms with Gasteiger partial charge in [0.15, 0.2) is 0 Å². The number of nitrogens with zero attached hydrogens (tertiary/aromatic N) is 2. The lowest BCUT2D eigenvalue weighted by Crippen LogP contribution is -2.35. The molecule has 1 heterocycles. The van der Waals surface area contributed by atoms with Gasteiger partial charge in [0.2, 0.25) is 10.0 Å². The minimum atomic E-state index is -3.61. The van der Waals surface area contributed by atoms with Crippen molar-refractivity contribution in [2.75, 3.05) is 12.9 Å². The Hall–Kier alpha value is -2.19. The third-order valence-electron chi connectivity index (χ3n) is 3.76. The highest BCUT2D eigenvalue weighted by molar-refractivity contribution is 7.88. The molecule has 0 aliphatic rings. The predicted octanol–water partition coefficient (Wildman–Crippen LogP) is 1.70. The molecular weight excluding hydrogens is 342 g/mol. The van der Waals surface area contributed by atoms with E-state index in [1.54, 1.807) is 18.5 Å². The number of ether oxygens (including phenoxy) is 1. The monoisotopic (exact) mass is 365 g/mol. The molecular formula is C17H23N3O4S. The maximum Gasteiger partial charge on any atom is 0.328 e. The summed E-state index contributed by atoms with van der Waals surface area (Å²) in [6.45, 7) is 5.93. The topological polar surface area (TPSA) is 90.3 Å². The number of rotatable bonds is 7. The third-order valence-corrected chi connectivity index (χ3v) is 4.42. The van der Waals surface area contributed by atoms with Crippen LogP contribution >= 0.6 is 0 Å². The quantitative estimate of drug-likeness (QED) is 0.754. The summed E-state index contributed by atoms with van der Waals surface area (Å²) < 4.78 is 32.6. The maximum atomic E-state index is 12.3. The average Bonchev–Trinajstić information content (AvgIpc) is 2.79. The SMILES string of the molecule is CCOC(=O)[C@@H](NS(C)(=O)=O)c1c(C)nn(Cc2ccccc2)c1C. The zero-order chi connectivity index (χ0) is 18.6. The summed E-state index contributed by atoms with van der Waals surface area (Å²) in [4.78, 5) is 12.3. The van der Waals surface area contributed by atoms with Crippen molar-refractivity contribution in [3.05, 3.63) is 52.8 Å². The van der Waals surface area contributed by atoms with E-state index >= 15 is 0 Å². The van der Waals surface area contributed by atoms with Gasteiger partial charge in [0.25, 0.3) is 0 Å². The first-order valence-corrected chi connectivity index (χ1v) is 9.83. The van der Waals surface area contributed by atoms with Gasteiger partial charge in [-0.05, 0) is 26.3 Å². The maximum absolute atomic E-state index is 12.3. The summed E-state index contributed by atoms with van der Waals surface area (Å²) in [5.74, 6) is -0.640. The van der Waals surface area contributed by atoms with Crippen molar-refractivity contribution in [2.24, 2.45) is 0 Å². The first-order chi connectivity index (χ1) is 11.7. The van der Waals surface area contributed by atoms with Crippen LogP contribution in [0, 0.1) is 13.8 Å². The van der Waals surface area contributed by atoms with E-state index in [0.717, 1.165) is 17.5 Å². The third kappa shape index (κ3) is 4.90. The second kappa shape index (κ2) is 7.79. The number of esters is 1. The smallest absolute Gasteiger partial charge is 0.328 e. The van der Waals surface area contributed by atoms with E-state index in [-0.39, 0.29) is 6.61 Å². The van der Waals surface area contributed by atoms with E-state index in [0.29, 0.717) is 17.8 Å². The summed E-state index contributed by atoms with van der Waals surface area (Å²) in [5, 5.41) is 4.47. The van der Waals surface area contributed by atoms with Gasteiger partial charge >= 0.3 is 5.97 Å². The molecule has 1 aromatic carbocycles. The fourth-order valence-electron chi connectivity index (χ4n) is 2.70. The Morgan fingerprint density at radius 3 is 2.48 bits per heavy atom. The van der Waals surface area contributed by atoms with Crippen molar-refractivity contribution in [3.8, 4) is 0 Å². The molecule has 0 radical (unpaired) electrons. The number of benzene rings is 1. The van der Waals surface area contributed by atoms with Crippen LogP contribution in [0.1, 0.15) is 35.5 Å². The lowest BCUT2D eigenvalue weighted by Gasteiger charge is -2.17. The Labute approximate surface area is 148 Å². The fourth-order valence-corrected chi connectivity index (χ4v) is 3.35. The zero-order valence-electron chi connectivity index (χ0n) is 14.8. The van der Waals surface area contributed by atoms with Gasteiger partial charge in [0.1, 0.15) is 6.04 Å².